The van der Waals surface area contributed by atoms with Crippen LogP contribution in [-0.4, -0.2) is 13.2 Å². The van der Waals surface area contributed by atoms with Crippen LogP contribution in [0.3, 0.4) is 0 Å². The molecular weight excluding hydrogens is 521 g/mol. The summed E-state index contributed by atoms with van der Waals surface area (Å²) in [7, 11) is 0. The quantitative estimate of drug-likeness (QED) is 0.266. The van der Waals surface area contributed by atoms with Crippen LogP contribution in [0.1, 0.15) is 23.6 Å². The average Bonchev–Trinajstić information content (AvgIpc) is 2.74. The number of hydrogen-bond donors (Lipinski definition) is 1. The highest BCUT2D eigenvalue weighted by molar-refractivity contribution is 9.10. The molecule has 0 aromatic heterocycles. The van der Waals surface area contributed by atoms with Crippen LogP contribution in [0.15, 0.2) is 59.1 Å². The normalized spacial score (nSPS) is 10.9. The first-order chi connectivity index (χ1) is 15.0. The number of benzene rings is 3. The van der Waals surface area contributed by atoms with Crippen LogP contribution in [0.4, 0.5) is 0 Å². The van der Waals surface area contributed by atoms with Crippen LogP contribution in [-0.2, 0) is 19.6 Å². The molecule has 0 saturated carbocycles. The third-order valence-corrected chi connectivity index (χ3v) is 6.20. The van der Waals surface area contributed by atoms with Crippen molar-refractivity contribution in [3.63, 3.8) is 0 Å². The van der Waals surface area contributed by atoms with E-state index in [4.69, 9.17) is 44.3 Å². The fourth-order valence-corrected chi connectivity index (χ4v) is 4.10. The molecule has 0 bridgehead atoms. The molecule has 164 valence electrons. The second-order valence-electron chi connectivity index (χ2n) is 6.90. The summed E-state index contributed by atoms with van der Waals surface area (Å²) in [6, 6.07) is 17.1. The van der Waals surface area contributed by atoms with E-state index in [0.717, 1.165) is 39.9 Å². The van der Waals surface area contributed by atoms with E-state index in [1.54, 1.807) is 6.07 Å². The summed E-state index contributed by atoms with van der Waals surface area (Å²) in [6.45, 7) is 4.42. The van der Waals surface area contributed by atoms with E-state index in [-0.39, 0.29) is 0 Å². The summed E-state index contributed by atoms with van der Waals surface area (Å²) < 4.78 is 12.8. The van der Waals surface area contributed by atoms with Gasteiger partial charge in [-0.15, -0.1) is 0 Å². The molecule has 0 spiro atoms. The Bertz CT molecular complexity index is 1010. The molecule has 3 nitrogen and oxygen atoms in total. The number of rotatable bonds is 10. The van der Waals surface area contributed by atoms with Crippen LogP contribution >= 0.6 is 50.7 Å². The highest BCUT2D eigenvalue weighted by atomic mass is 79.9. The van der Waals surface area contributed by atoms with Crippen molar-refractivity contribution in [1.29, 1.82) is 0 Å². The van der Waals surface area contributed by atoms with Crippen molar-refractivity contribution in [2.45, 2.75) is 26.5 Å². The van der Waals surface area contributed by atoms with Gasteiger partial charge in [-0.2, -0.15) is 0 Å². The van der Waals surface area contributed by atoms with Crippen molar-refractivity contribution in [1.82, 2.24) is 5.32 Å². The number of halogens is 4. The van der Waals surface area contributed by atoms with Gasteiger partial charge in [-0.1, -0.05) is 68.9 Å². The molecule has 0 fully saturated rings. The smallest absolute Gasteiger partial charge is 0.162 e. The average molecular weight is 544 g/mol. The molecule has 0 saturated heterocycles. The first-order valence-corrected chi connectivity index (χ1v) is 11.9. The molecule has 0 aliphatic carbocycles. The Labute approximate surface area is 206 Å². The standard InChI is InChI=1S/C24H23BrCl3NO2/c1-2-30-23-11-18(14-29-10-9-17-5-8-20(27)12-22(17)28)21(25)13-24(23)31-15-16-3-6-19(26)7-4-16/h3-8,11-13,29H,2,9-10,14-15H2,1H3. The Hall–Kier alpha value is -1.43. The van der Waals surface area contributed by atoms with E-state index < -0.39 is 0 Å². The van der Waals surface area contributed by atoms with E-state index in [9.17, 15) is 0 Å². The third kappa shape index (κ3) is 7.30. The monoisotopic (exact) mass is 541 g/mol. The Kier molecular flexibility index (Phi) is 9.36. The molecule has 0 amide bonds. The van der Waals surface area contributed by atoms with Crippen LogP contribution in [0, 0.1) is 0 Å². The molecule has 7 heteroatoms. The van der Waals surface area contributed by atoms with Crippen molar-refractivity contribution in [2.24, 2.45) is 0 Å². The zero-order chi connectivity index (χ0) is 22.2. The van der Waals surface area contributed by atoms with Gasteiger partial charge in [-0.25, -0.2) is 0 Å². The topological polar surface area (TPSA) is 30.5 Å². The SMILES string of the molecule is CCOc1cc(CNCCc2ccc(Cl)cc2Cl)c(Br)cc1OCc1ccc(Cl)cc1. The molecule has 0 heterocycles. The van der Waals surface area contributed by atoms with Gasteiger partial charge in [0.1, 0.15) is 6.61 Å². The van der Waals surface area contributed by atoms with Gasteiger partial charge < -0.3 is 14.8 Å². The van der Waals surface area contributed by atoms with Gasteiger partial charge >= 0.3 is 0 Å². The van der Waals surface area contributed by atoms with Crippen molar-refractivity contribution in [2.75, 3.05) is 13.2 Å². The molecule has 3 aromatic rings. The van der Waals surface area contributed by atoms with Gasteiger partial charge in [-0.3, -0.25) is 0 Å². The zero-order valence-electron chi connectivity index (χ0n) is 17.1. The van der Waals surface area contributed by atoms with Crippen LogP contribution < -0.4 is 14.8 Å². The van der Waals surface area contributed by atoms with Crippen molar-refractivity contribution < 1.29 is 9.47 Å². The Morgan fingerprint density at radius 2 is 1.55 bits per heavy atom. The summed E-state index contributed by atoms with van der Waals surface area (Å²) in [5.74, 6) is 1.41. The summed E-state index contributed by atoms with van der Waals surface area (Å²) in [5, 5.41) is 5.50. The minimum absolute atomic E-state index is 0.434. The largest absolute Gasteiger partial charge is 0.490 e. The third-order valence-electron chi connectivity index (χ3n) is 4.62. The maximum atomic E-state index is 6.25. The molecular formula is C24H23BrCl3NO2. The Morgan fingerprint density at radius 3 is 2.26 bits per heavy atom. The van der Waals surface area contributed by atoms with E-state index in [1.807, 2.05) is 55.5 Å². The van der Waals surface area contributed by atoms with Crippen LogP contribution in [0.5, 0.6) is 11.5 Å². The molecule has 0 unspecified atom stereocenters. The van der Waals surface area contributed by atoms with E-state index in [1.165, 1.54) is 0 Å². The Balaban J connectivity index is 1.61. The highest BCUT2D eigenvalue weighted by Gasteiger charge is 2.12. The zero-order valence-corrected chi connectivity index (χ0v) is 20.9. The first kappa shape index (κ1) is 24.2. The maximum Gasteiger partial charge on any atom is 0.162 e. The van der Waals surface area contributed by atoms with Gasteiger partial charge in [-0.05, 0) is 73.0 Å². The summed E-state index contributed by atoms with van der Waals surface area (Å²) >= 11 is 21.8. The number of hydrogen-bond acceptors (Lipinski definition) is 3. The highest BCUT2D eigenvalue weighted by Crippen LogP contribution is 2.34. The fourth-order valence-electron chi connectivity index (χ4n) is 3.01. The summed E-state index contributed by atoms with van der Waals surface area (Å²) in [5.41, 5.74) is 3.19. The molecule has 3 aromatic carbocycles. The molecule has 31 heavy (non-hydrogen) atoms. The lowest BCUT2D eigenvalue weighted by Gasteiger charge is -2.16. The maximum absolute atomic E-state index is 6.25. The second kappa shape index (κ2) is 12.0. The second-order valence-corrected chi connectivity index (χ2v) is 9.04. The number of ether oxygens (including phenoxy) is 2. The van der Waals surface area contributed by atoms with Gasteiger partial charge in [0.15, 0.2) is 11.5 Å². The lowest BCUT2D eigenvalue weighted by atomic mass is 10.1. The van der Waals surface area contributed by atoms with Gasteiger partial charge in [0.25, 0.3) is 0 Å². The van der Waals surface area contributed by atoms with E-state index >= 15 is 0 Å². The van der Waals surface area contributed by atoms with E-state index in [2.05, 4.69) is 21.2 Å². The van der Waals surface area contributed by atoms with Gasteiger partial charge in [0.2, 0.25) is 0 Å². The molecule has 0 aliphatic rings. The minimum atomic E-state index is 0.434. The fraction of sp³-hybridized carbons (Fsp3) is 0.250. The van der Waals surface area contributed by atoms with Crippen molar-refractivity contribution in [3.05, 3.63) is 90.8 Å². The van der Waals surface area contributed by atoms with Crippen LogP contribution in [0.2, 0.25) is 15.1 Å². The summed E-state index contributed by atoms with van der Waals surface area (Å²) in [4.78, 5) is 0. The Morgan fingerprint density at radius 1 is 0.839 bits per heavy atom. The predicted molar refractivity (Wildman–Crippen MR) is 133 cm³/mol. The minimum Gasteiger partial charge on any atom is -0.490 e. The van der Waals surface area contributed by atoms with Gasteiger partial charge in [0.05, 0.1) is 6.61 Å². The lowest BCUT2D eigenvalue weighted by molar-refractivity contribution is 0.269. The molecule has 3 rings (SSSR count). The van der Waals surface area contributed by atoms with Crippen molar-refractivity contribution >= 4 is 50.7 Å². The van der Waals surface area contributed by atoms with Crippen LogP contribution in [0.25, 0.3) is 0 Å². The number of nitrogens with one attached hydrogen (secondary N) is 1. The molecule has 0 aliphatic heterocycles. The van der Waals surface area contributed by atoms with Crippen molar-refractivity contribution in [3.8, 4) is 11.5 Å². The predicted octanol–water partition coefficient (Wildman–Crippen LogP) is 7.72. The molecule has 1 N–H and O–H groups in total. The lowest BCUT2D eigenvalue weighted by Crippen LogP contribution is -2.17. The summed E-state index contributed by atoms with van der Waals surface area (Å²) in [6.07, 6.45) is 0.814. The molecule has 0 atom stereocenters. The molecule has 0 radical (unpaired) electrons. The van der Waals surface area contributed by atoms with Gasteiger partial charge in [0, 0.05) is 26.1 Å². The first-order valence-electron chi connectivity index (χ1n) is 9.93. The van der Waals surface area contributed by atoms with E-state index in [0.29, 0.717) is 40.6 Å².